The van der Waals surface area contributed by atoms with E-state index in [-0.39, 0.29) is 5.75 Å². The molecule has 1 saturated carbocycles. The number of halogens is 1. The van der Waals surface area contributed by atoms with Gasteiger partial charge in [0.1, 0.15) is 0 Å². The molecule has 1 saturated heterocycles. The van der Waals surface area contributed by atoms with Crippen LogP contribution in [-0.4, -0.2) is 49.8 Å². The lowest BCUT2D eigenvalue weighted by atomic mass is 10.2. The minimum atomic E-state index is -3.23. The van der Waals surface area contributed by atoms with E-state index in [1.165, 1.54) is 12.8 Å². The van der Waals surface area contributed by atoms with Crippen molar-refractivity contribution in [3.8, 4) is 0 Å². The van der Waals surface area contributed by atoms with Crippen LogP contribution < -0.4 is 0 Å². The van der Waals surface area contributed by atoms with Crippen LogP contribution in [0.4, 0.5) is 0 Å². The summed E-state index contributed by atoms with van der Waals surface area (Å²) in [5.74, 6) is 0.481. The summed E-state index contributed by atoms with van der Waals surface area (Å²) >= 11 is 5.81. The zero-order chi connectivity index (χ0) is 14.9. The molecular formula is C15H21ClN2O2S. The molecule has 0 unspecified atom stereocenters. The van der Waals surface area contributed by atoms with Gasteiger partial charge in [-0.25, -0.2) is 8.42 Å². The van der Waals surface area contributed by atoms with Crippen LogP contribution in [0.1, 0.15) is 24.0 Å². The van der Waals surface area contributed by atoms with E-state index in [9.17, 15) is 8.42 Å². The summed E-state index contributed by atoms with van der Waals surface area (Å²) < 4.78 is 26.7. The van der Waals surface area contributed by atoms with Crippen molar-refractivity contribution in [1.29, 1.82) is 0 Å². The van der Waals surface area contributed by atoms with E-state index in [4.69, 9.17) is 11.6 Å². The predicted octanol–water partition coefficient (Wildman–Crippen LogP) is 2.04. The predicted molar refractivity (Wildman–Crippen MR) is 84.8 cm³/mol. The summed E-state index contributed by atoms with van der Waals surface area (Å²) in [6.45, 7) is 2.97. The summed E-state index contributed by atoms with van der Waals surface area (Å²) in [6.07, 6.45) is 2.55. The Morgan fingerprint density at radius 1 is 1.10 bits per heavy atom. The van der Waals surface area contributed by atoms with E-state index in [1.807, 2.05) is 24.3 Å². The number of rotatable bonds is 5. The molecule has 0 spiro atoms. The maximum Gasteiger partial charge on any atom is 0.218 e. The fraction of sp³-hybridized carbons (Fsp3) is 0.600. The fourth-order valence-corrected chi connectivity index (χ4v) is 4.56. The third kappa shape index (κ3) is 3.77. The van der Waals surface area contributed by atoms with Crippen LogP contribution in [0.5, 0.6) is 0 Å². The Kier molecular flexibility index (Phi) is 4.54. The molecule has 6 heteroatoms. The van der Waals surface area contributed by atoms with Gasteiger partial charge in [-0.05, 0) is 24.0 Å². The van der Waals surface area contributed by atoms with Crippen molar-refractivity contribution in [2.75, 3.05) is 26.2 Å². The van der Waals surface area contributed by atoms with Crippen LogP contribution in [0, 0.1) is 0 Å². The Morgan fingerprint density at radius 3 is 2.38 bits per heavy atom. The SMILES string of the molecule is O=S(=O)(Cc1cccc(CCl)c1)N1CCN(C2CC2)CC1. The standard InChI is InChI=1S/C15H21ClN2O2S/c16-11-13-2-1-3-14(10-13)12-21(19,20)18-8-6-17(7-9-18)15-4-5-15/h1-3,10,15H,4-9,11-12H2. The van der Waals surface area contributed by atoms with Crippen molar-refractivity contribution < 1.29 is 8.42 Å². The molecule has 1 heterocycles. The van der Waals surface area contributed by atoms with Crippen LogP contribution in [0.15, 0.2) is 24.3 Å². The first-order valence-electron chi connectivity index (χ1n) is 7.44. The molecule has 0 amide bonds. The third-order valence-electron chi connectivity index (χ3n) is 4.22. The van der Waals surface area contributed by atoms with Crippen molar-refractivity contribution in [2.45, 2.75) is 30.5 Å². The van der Waals surface area contributed by atoms with Gasteiger partial charge in [0.25, 0.3) is 0 Å². The summed E-state index contributed by atoms with van der Waals surface area (Å²) in [4.78, 5) is 2.42. The molecule has 0 N–H and O–H groups in total. The average Bonchev–Trinajstić information content (AvgIpc) is 3.32. The Hall–Kier alpha value is -0.620. The molecular weight excluding hydrogens is 308 g/mol. The number of hydrogen-bond donors (Lipinski definition) is 0. The smallest absolute Gasteiger partial charge is 0.218 e. The highest BCUT2D eigenvalue weighted by atomic mass is 35.5. The lowest BCUT2D eigenvalue weighted by molar-refractivity contribution is 0.180. The first-order chi connectivity index (χ1) is 10.1. The quantitative estimate of drug-likeness (QED) is 0.777. The van der Waals surface area contributed by atoms with Crippen LogP contribution in [0.3, 0.4) is 0 Å². The zero-order valence-electron chi connectivity index (χ0n) is 12.0. The topological polar surface area (TPSA) is 40.6 Å². The molecule has 1 aromatic rings. The first-order valence-corrected chi connectivity index (χ1v) is 9.58. The van der Waals surface area contributed by atoms with Gasteiger partial charge in [0.15, 0.2) is 0 Å². The zero-order valence-corrected chi connectivity index (χ0v) is 13.6. The number of piperazine rings is 1. The van der Waals surface area contributed by atoms with E-state index < -0.39 is 10.0 Å². The van der Waals surface area contributed by atoms with Crippen molar-refractivity contribution >= 4 is 21.6 Å². The van der Waals surface area contributed by atoms with Crippen molar-refractivity contribution in [3.05, 3.63) is 35.4 Å². The van der Waals surface area contributed by atoms with Gasteiger partial charge in [-0.15, -0.1) is 11.6 Å². The number of nitrogens with zero attached hydrogens (tertiary/aromatic N) is 2. The van der Waals surface area contributed by atoms with Gasteiger partial charge in [-0.3, -0.25) is 4.90 Å². The summed E-state index contributed by atoms with van der Waals surface area (Å²) in [5.41, 5.74) is 1.78. The molecule has 1 aromatic carbocycles. The summed E-state index contributed by atoms with van der Waals surface area (Å²) in [5, 5.41) is 0. The average molecular weight is 329 g/mol. The van der Waals surface area contributed by atoms with Gasteiger partial charge in [-0.1, -0.05) is 24.3 Å². The molecule has 0 radical (unpaired) electrons. The van der Waals surface area contributed by atoms with Gasteiger partial charge < -0.3 is 0 Å². The maximum atomic E-state index is 12.5. The molecule has 2 aliphatic rings. The van der Waals surface area contributed by atoms with Gasteiger partial charge in [0, 0.05) is 38.1 Å². The summed E-state index contributed by atoms with van der Waals surface area (Å²) in [7, 11) is -3.23. The van der Waals surface area contributed by atoms with E-state index in [0.29, 0.717) is 19.0 Å². The number of hydrogen-bond acceptors (Lipinski definition) is 3. The third-order valence-corrected chi connectivity index (χ3v) is 6.38. The molecule has 4 nitrogen and oxygen atoms in total. The Bertz CT molecular complexity index is 593. The molecule has 0 aromatic heterocycles. The van der Waals surface area contributed by atoms with E-state index >= 15 is 0 Å². The van der Waals surface area contributed by atoms with Gasteiger partial charge >= 0.3 is 0 Å². The monoisotopic (exact) mass is 328 g/mol. The Morgan fingerprint density at radius 2 is 1.76 bits per heavy atom. The van der Waals surface area contributed by atoms with Crippen LogP contribution in [-0.2, 0) is 21.7 Å². The molecule has 116 valence electrons. The first kappa shape index (κ1) is 15.3. The van der Waals surface area contributed by atoms with Gasteiger partial charge in [-0.2, -0.15) is 4.31 Å². The molecule has 21 heavy (non-hydrogen) atoms. The normalized spacial score (nSPS) is 21.6. The number of benzene rings is 1. The second-order valence-corrected chi connectivity index (χ2v) is 8.11. The van der Waals surface area contributed by atoms with Crippen molar-refractivity contribution in [2.24, 2.45) is 0 Å². The number of sulfonamides is 1. The maximum absolute atomic E-state index is 12.5. The lowest BCUT2D eigenvalue weighted by Gasteiger charge is -2.34. The molecule has 2 fully saturated rings. The molecule has 0 atom stereocenters. The number of alkyl halides is 1. The summed E-state index contributed by atoms with van der Waals surface area (Å²) in [6, 6.07) is 8.24. The van der Waals surface area contributed by atoms with Crippen molar-refractivity contribution in [1.82, 2.24) is 9.21 Å². The highest BCUT2D eigenvalue weighted by molar-refractivity contribution is 7.88. The highest BCUT2D eigenvalue weighted by Crippen LogP contribution is 2.28. The van der Waals surface area contributed by atoms with E-state index in [0.717, 1.165) is 30.3 Å². The van der Waals surface area contributed by atoms with Gasteiger partial charge in [0.2, 0.25) is 10.0 Å². The van der Waals surface area contributed by atoms with Crippen LogP contribution in [0.2, 0.25) is 0 Å². The second-order valence-electron chi connectivity index (χ2n) is 5.88. The Balaban J connectivity index is 1.63. The second kappa shape index (κ2) is 6.24. The van der Waals surface area contributed by atoms with E-state index in [1.54, 1.807) is 4.31 Å². The Labute approximate surface area is 131 Å². The molecule has 1 aliphatic heterocycles. The highest BCUT2D eigenvalue weighted by Gasteiger charge is 2.34. The minimum Gasteiger partial charge on any atom is -0.298 e. The largest absolute Gasteiger partial charge is 0.298 e. The van der Waals surface area contributed by atoms with Gasteiger partial charge in [0.05, 0.1) is 5.75 Å². The van der Waals surface area contributed by atoms with Crippen LogP contribution in [0.25, 0.3) is 0 Å². The fourth-order valence-electron chi connectivity index (χ4n) is 2.89. The van der Waals surface area contributed by atoms with Crippen molar-refractivity contribution in [3.63, 3.8) is 0 Å². The lowest BCUT2D eigenvalue weighted by Crippen LogP contribution is -2.49. The minimum absolute atomic E-state index is 0.0706. The van der Waals surface area contributed by atoms with E-state index in [2.05, 4.69) is 4.90 Å². The van der Waals surface area contributed by atoms with Crippen LogP contribution >= 0.6 is 11.6 Å². The molecule has 0 bridgehead atoms. The molecule has 1 aliphatic carbocycles. The molecule has 3 rings (SSSR count).